The molecule has 2 aromatic carbocycles. The van der Waals surface area contributed by atoms with Crippen LogP contribution in [-0.2, 0) is 16.0 Å². The first-order valence-electron chi connectivity index (χ1n) is 7.38. The SMILES string of the molecule is N#Cc1cccc(NC(=O)CC(=O)NCCc2ccc(F)cc2)c1. The van der Waals surface area contributed by atoms with Gasteiger partial charge in [0.2, 0.25) is 11.8 Å². The van der Waals surface area contributed by atoms with E-state index in [1.54, 1.807) is 30.3 Å². The van der Waals surface area contributed by atoms with E-state index >= 15 is 0 Å². The van der Waals surface area contributed by atoms with Crippen LogP contribution in [0, 0.1) is 17.1 Å². The number of carbonyl (C=O) groups is 2. The summed E-state index contributed by atoms with van der Waals surface area (Å²) in [4.78, 5) is 23.5. The molecule has 0 aromatic heterocycles. The summed E-state index contributed by atoms with van der Waals surface area (Å²) in [5, 5.41) is 14.0. The maximum atomic E-state index is 12.8. The molecule has 0 fully saturated rings. The van der Waals surface area contributed by atoms with Crippen LogP contribution >= 0.6 is 0 Å². The van der Waals surface area contributed by atoms with Gasteiger partial charge >= 0.3 is 0 Å². The van der Waals surface area contributed by atoms with Crippen LogP contribution in [-0.4, -0.2) is 18.4 Å². The van der Waals surface area contributed by atoms with Gasteiger partial charge in [-0.25, -0.2) is 4.39 Å². The zero-order chi connectivity index (χ0) is 17.4. The number of rotatable bonds is 6. The number of anilines is 1. The third kappa shape index (κ3) is 5.54. The normalized spacial score (nSPS) is 9.83. The molecule has 0 aliphatic rings. The van der Waals surface area contributed by atoms with Gasteiger partial charge in [-0.05, 0) is 42.3 Å². The van der Waals surface area contributed by atoms with Gasteiger partial charge in [-0.1, -0.05) is 18.2 Å². The fourth-order valence-electron chi connectivity index (χ4n) is 2.08. The standard InChI is InChI=1S/C18H16FN3O2/c19-15-6-4-13(5-7-15)8-9-21-17(23)11-18(24)22-16-3-1-2-14(10-16)12-20/h1-7,10H,8-9,11H2,(H,21,23)(H,22,24). The Balaban J connectivity index is 1.74. The molecule has 122 valence electrons. The number of nitrogens with zero attached hydrogens (tertiary/aromatic N) is 1. The van der Waals surface area contributed by atoms with Gasteiger partial charge < -0.3 is 10.6 Å². The molecule has 0 unspecified atom stereocenters. The summed E-state index contributed by atoms with van der Waals surface area (Å²) >= 11 is 0. The van der Waals surface area contributed by atoms with E-state index in [1.807, 2.05) is 6.07 Å². The minimum Gasteiger partial charge on any atom is -0.355 e. The van der Waals surface area contributed by atoms with E-state index in [0.717, 1.165) is 5.56 Å². The molecule has 0 aliphatic carbocycles. The molecule has 0 bridgehead atoms. The quantitative estimate of drug-likeness (QED) is 0.800. The van der Waals surface area contributed by atoms with Crippen molar-refractivity contribution in [1.82, 2.24) is 5.32 Å². The molecular weight excluding hydrogens is 309 g/mol. The van der Waals surface area contributed by atoms with Crippen LogP contribution in [0.15, 0.2) is 48.5 Å². The lowest BCUT2D eigenvalue weighted by molar-refractivity contribution is -0.126. The van der Waals surface area contributed by atoms with Gasteiger partial charge in [-0.15, -0.1) is 0 Å². The van der Waals surface area contributed by atoms with Crippen LogP contribution < -0.4 is 10.6 Å². The fraction of sp³-hybridized carbons (Fsp3) is 0.167. The summed E-state index contributed by atoms with van der Waals surface area (Å²) in [6.45, 7) is 0.363. The summed E-state index contributed by atoms with van der Waals surface area (Å²) < 4.78 is 12.8. The average molecular weight is 325 g/mol. The Kier molecular flexibility index (Phi) is 6.03. The van der Waals surface area contributed by atoms with E-state index in [-0.39, 0.29) is 12.2 Å². The number of nitrogens with one attached hydrogen (secondary N) is 2. The number of nitriles is 1. The second-order valence-corrected chi connectivity index (χ2v) is 5.14. The molecule has 2 rings (SSSR count). The molecule has 0 saturated carbocycles. The minimum absolute atomic E-state index is 0.305. The lowest BCUT2D eigenvalue weighted by atomic mass is 10.1. The monoisotopic (exact) mass is 325 g/mol. The summed E-state index contributed by atoms with van der Waals surface area (Å²) in [6.07, 6.45) is 0.248. The summed E-state index contributed by atoms with van der Waals surface area (Å²) in [6, 6.07) is 14.4. The van der Waals surface area contributed by atoms with Crippen molar-refractivity contribution in [3.63, 3.8) is 0 Å². The third-order valence-corrected chi connectivity index (χ3v) is 3.25. The second-order valence-electron chi connectivity index (χ2n) is 5.14. The Hall–Kier alpha value is -3.20. The molecule has 5 nitrogen and oxygen atoms in total. The van der Waals surface area contributed by atoms with Gasteiger partial charge in [0.15, 0.2) is 0 Å². The Morgan fingerprint density at radius 3 is 2.54 bits per heavy atom. The zero-order valence-electron chi connectivity index (χ0n) is 12.9. The van der Waals surface area contributed by atoms with Crippen molar-refractivity contribution in [3.05, 3.63) is 65.5 Å². The van der Waals surface area contributed by atoms with E-state index in [4.69, 9.17) is 5.26 Å². The van der Waals surface area contributed by atoms with E-state index in [2.05, 4.69) is 10.6 Å². The Labute approximate surface area is 139 Å². The second kappa shape index (κ2) is 8.44. The first kappa shape index (κ1) is 17.2. The van der Waals surface area contributed by atoms with Crippen molar-refractivity contribution >= 4 is 17.5 Å². The number of hydrogen-bond acceptors (Lipinski definition) is 3. The van der Waals surface area contributed by atoms with Crippen LogP contribution in [0.1, 0.15) is 17.5 Å². The van der Waals surface area contributed by atoms with Gasteiger partial charge in [0.1, 0.15) is 12.2 Å². The molecule has 0 atom stereocenters. The fourth-order valence-corrected chi connectivity index (χ4v) is 2.08. The largest absolute Gasteiger partial charge is 0.355 e. The summed E-state index contributed by atoms with van der Waals surface area (Å²) in [5.74, 6) is -1.16. The summed E-state index contributed by atoms with van der Waals surface area (Å²) in [7, 11) is 0. The van der Waals surface area contributed by atoms with Gasteiger partial charge in [0.05, 0.1) is 11.6 Å². The Bertz CT molecular complexity index is 767. The number of halogens is 1. The maximum Gasteiger partial charge on any atom is 0.233 e. The van der Waals surface area contributed by atoms with Gasteiger partial charge in [-0.2, -0.15) is 5.26 Å². The molecule has 24 heavy (non-hydrogen) atoms. The van der Waals surface area contributed by atoms with E-state index in [0.29, 0.717) is 24.2 Å². The van der Waals surface area contributed by atoms with E-state index < -0.39 is 11.8 Å². The number of amides is 2. The molecule has 2 N–H and O–H groups in total. The molecule has 0 spiro atoms. The van der Waals surface area contributed by atoms with Gasteiger partial charge in [-0.3, -0.25) is 9.59 Å². The molecule has 0 aliphatic heterocycles. The molecule has 0 heterocycles. The van der Waals surface area contributed by atoms with Crippen molar-refractivity contribution in [2.75, 3.05) is 11.9 Å². The first-order chi connectivity index (χ1) is 11.6. The van der Waals surface area contributed by atoms with Crippen molar-refractivity contribution in [2.45, 2.75) is 12.8 Å². The topological polar surface area (TPSA) is 82.0 Å². The summed E-state index contributed by atoms with van der Waals surface area (Å²) in [5.41, 5.74) is 1.80. The lowest BCUT2D eigenvalue weighted by Gasteiger charge is -2.07. The number of hydrogen-bond donors (Lipinski definition) is 2. The van der Waals surface area contributed by atoms with Crippen LogP contribution in [0.3, 0.4) is 0 Å². The lowest BCUT2D eigenvalue weighted by Crippen LogP contribution is -2.29. The highest BCUT2D eigenvalue weighted by Gasteiger charge is 2.09. The first-order valence-corrected chi connectivity index (χ1v) is 7.38. The molecule has 2 aromatic rings. The molecule has 0 radical (unpaired) electrons. The smallest absolute Gasteiger partial charge is 0.233 e. The highest BCUT2D eigenvalue weighted by Crippen LogP contribution is 2.10. The van der Waals surface area contributed by atoms with Crippen molar-refractivity contribution < 1.29 is 14.0 Å². The number of carbonyl (C=O) groups excluding carboxylic acids is 2. The Morgan fingerprint density at radius 2 is 1.83 bits per heavy atom. The molecular formula is C18H16FN3O2. The van der Waals surface area contributed by atoms with Gasteiger partial charge in [0.25, 0.3) is 0 Å². The van der Waals surface area contributed by atoms with Crippen LogP contribution in [0.4, 0.5) is 10.1 Å². The van der Waals surface area contributed by atoms with Crippen LogP contribution in [0.2, 0.25) is 0 Å². The van der Waals surface area contributed by atoms with Crippen LogP contribution in [0.5, 0.6) is 0 Å². The Morgan fingerprint density at radius 1 is 1.08 bits per heavy atom. The van der Waals surface area contributed by atoms with Crippen molar-refractivity contribution in [2.24, 2.45) is 0 Å². The predicted molar refractivity (Wildman–Crippen MR) is 87.5 cm³/mol. The average Bonchev–Trinajstić information content (AvgIpc) is 2.56. The maximum absolute atomic E-state index is 12.8. The third-order valence-electron chi connectivity index (χ3n) is 3.25. The highest BCUT2D eigenvalue weighted by molar-refractivity contribution is 6.03. The minimum atomic E-state index is -0.454. The molecule has 6 heteroatoms. The zero-order valence-corrected chi connectivity index (χ0v) is 12.9. The van der Waals surface area contributed by atoms with Crippen molar-refractivity contribution in [1.29, 1.82) is 5.26 Å². The molecule has 0 saturated heterocycles. The molecule has 2 amide bonds. The van der Waals surface area contributed by atoms with Crippen molar-refractivity contribution in [3.8, 4) is 6.07 Å². The van der Waals surface area contributed by atoms with Gasteiger partial charge in [0, 0.05) is 12.2 Å². The predicted octanol–water partition coefficient (Wildman–Crippen LogP) is 2.38. The van der Waals surface area contributed by atoms with Crippen LogP contribution in [0.25, 0.3) is 0 Å². The van der Waals surface area contributed by atoms with E-state index in [1.165, 1.54) is 18.2 Å². The van der Waals surface area contributed by atoms with E-state index in [9.17, 15) is 14.0 Å². The highest BCUT2D eigenvalue weighted by atomic mass is 19.1. The number of benzene rings is 2.